The van der Waals surface area contributed by atoms with E-state index in [9.17, 15) is 0 Å². The second-order valence-electron chi connectivity index (χ2n) is 6.32. The van der Waals surface area contributed by atoms with Crippen LogP contribution in [0.3, 0.4) is 0 Å². The first-order chi connectivity index (χ1) is 10.4. The molecule has 2 heterocycles. The summed E-state index contributed by atoms with van der Waals surface area (Å²) in [4.78, 5) is 5.21. The van der Waals surface area contributed by atoms with Crippen molar-refractivity contribution in [3.8, 4) is 0 Å². The maximum Gasteiger partial charge on any atom is 0.0351 e. The molecule has 2 fully saturated rings. The first kappa shape index (κ1) is 13.3. The molecule has 110 valence electrons. The van der Waals surface area contributed by atoms with Crippen LogP contribution in [0.5, 0.6) is 0 Å². The maximum absolute atomic E-state index is 3.43. The molecule has 2 aliphatic heterocycles. The van der Waals surface area contributed by atoms with Crippen molar-refractivity contribution in [1.82, 2.24) is 15.1 Å². The van der Waals surface area contributed by atoms with E-state index in [2.05, 4.69) is 57.6 Å². The van der Waals surface area contributed by atoms with Crippen LogP contribution in [-0.4, -0.2) is 55.1 Å². The summed E-state index contributed by atoms with van der Waals surface area (Å²) in [5, 5.41) is 6.12. The molecule has 2 aromatic rings. The van der Waals surface area contributed by atoms with Crippen LogP contribution in [0.15, 0.2) is 42.5 Å². The molecule has 2 saturated heterocycles. The van der Waals surface area contributed by atoms with Crippen molar-refractivity contribution in [2.75, 3.05) is 39.3 Å². The summed E-state index contributed by atoms with van der Waals surface area (Å²) in [7, 11) is 0. The quantitative estimate of drug-likeness (QED) is 0.927. The topological polar surface area (TPSA) is 18.5 Å². The van der Waals surface area contributed by atoms with Crippen LogP contribution in [0.4, 0.5) is 0 Å². The number of rotatable bonds is 3. The Morgan fingerprint density at radius 3 is 2.52 bits per heavy atom. The van der Waals surface area contributed by atoms with Crippen molar-refractivity contribution in [2.45, 2.75) is 12.6 Å². The highest BCUT2D eigenvalue weighted by molar-refractivity contribution is 5.82. The SMILES string of the molecule is c1ccc2cc(CN3CC(N4CCNCC4)C3)ccc2c1. The van der Waals surface area contributed by atoms with Gasteiger partial charge >= 0.3 is 0 Å². The number of fused-ring (bicyclic) bond motifs is 1. The normalized spacial score (nSPS) is 21.5. The van der Waals surface area contributed by atoms with E-state index in [0.717, 1.165) is 25.7 Å². The van der Waals surface area contributed by atoms with Crippen LogP contribution < -0.4 is 5.32 Å². The van der Waals surface area contributed by atoms with Gasteiger partial charge in [0, 0.05) is 51.9 Å². The Kier molecular flexibility index (Phi) is 3.63. The Morgan fingerprint density at radius 1 is 0.952 bits per heavy atom. The van der Waals surface area contributed by atoms with Gasteiger partial charge in [0.15, 0.2) is 0 Å². The van der Waals surface area contributed by atoms with E-state index in [0.29, 0.717) is 0 Å². The van der Waals surface area contributed by atoms with Crippen molar-refractivity contribution < 1.29 is 0 Å². The summed E-state index contributed by atoms with van der Waals surface area (Å²) in [5.74, 6) is 0. The van der Waals surface area contributed by atoms with Gasteiger partial charge < -0.3 is 5.32 Å². The lowest BCUT2D eigenvalue weighted by Gasteiger charge is -2.47. The fraction of sp³-hybridized carbons (Fsp3) is 0.444. The van der Waals surface area contributed by atoms with E-state index >= 15 is 0 Å². The molecule has 4 rings (SSSR count). The van der Waals surface area contributed by atoms with Crippen LogP contribution in [0.2, 0.25) is 0 Å². The third kappa shape index (κ3) is 2.82. The van der Waals surface area contributed by atoms with Gasteiger partial charge in [-0.3, -0.25) is 9.80 Å². The third-order valence-corrected chi connectivity index (χ3v) is 4.83. The number of piperazine rings is 1. The monoisotopic (exact) mass is 281 g/mol. The zero-order valence-corrected chi connectivity index (χ0v) is 12.5. The maximum atomic E-state index is 3.43. The standard InChI is InChI=1S/C18H23N3/c1-2-4-17-11-15(5-6-16(17)3-1)12-20-13-18(14-20)21-9-7-19-8-10-21/h1-6,11,18-19H,7-10,12-14H2. The minimum atomic E-state index is 0.785. The zero-order valence-electron chi connectivity index (χ0n) is 12.5. The van der Waals surface area contributed by atoms with Crippen LogP contribution >= 0.6 is 0 Å². The van der Waals surface area contributed by atoms with E-state index in [-0.39, 0.29) is 0 Å². The highest BCUT2D eigenvalue weighted by Gasteiger charge is 2.31. The molecular formula is C18H23N3. The van der Waals surface area contributed by atoms with Gasteiger partial charge in [-0.05, 0) is 22.4 Å². The van der Waals surface area contributed by atoms with E-state index in [1.165, 1.54) is 42.5 Å². The Hall–Kier alpha value is -1.42. The minimum absolute atomic E-state index is 0.785. The highest BCUT2D eigenvalue weighted by atomic mass is 15.3. The van der Waals surface area contributed by atoms with Crippen molar-refractivity contribution >= 4 is 10.8 Å². The first-order valence-corrected chi connectivity index (χ1v) is 8.03. The first-order valence-electron chi connectivity index (χ1n) is 8.03. The molecule has 2 aliphatic rings. The molecule has 0 bridgehead atoms. The van der Waals surface area contributed by atoms with E-state index in [1.807, 2.05) is 0 Å². The van der Waals surface area contributed by atoms with Gasteiger partial charge in [-0.25, -0.2) is 0 Å². The van der Waals surface area contributed by atoms with E-state index < -0.39 is 0 Å². The summed E-state index contributed by atoms with van der Waals surface area (Å²) in [5.41, 5.74) is 1.44. The largest absolute Gasteiger partial charge is 0.314 e. The molecule has 0 amide bonds. The fourth-order valence-electron chi connectivity index (χ4n) is 3.55. The van der Waals surface area contributed by atoms with Gasteiger partial charge in [-0.1, -0.05) is 36.4 Å². The van der Waals surface area contributed by atoms with Crippen molar-refractivity contribution in [1.29, 1.82) is 0 Å². The van der Waals surface area contributed by atoms with Gasteiger partial charge in [0.1, 0.15) is 0 Å². The molecule has 0 aliphatic carbocycles. The van der Waals surface area contributed by atoms with E-state index in [1.54, 1.807) is 0 Å². The molecule has 0 unspecified atom stereocenters. The molecule has 0 spiro atoms. The lowest BCUT2D eigenvalue weighted by Crippen LogP contribution is -2.62. The van der Waals surface area contributed by atoms with Crippen LogP contribution in [-0.2, 0) is 6.54 Å². The Bertz CT molecular complexity index is 613. The van der Waals surface area contributed by atoms with Gasteiger partial charge in [-0.15, -0.1) is 0 Å². The molecule has 0 atom stereocenters. The van der Waals surface area contributed by atoms with Gasteiger partial charge in [0.05, 0.1) is 0 Å². The molecule has 0 aromatic heterocycles. The van der Waals surface area contributed by atoms with Crippen molar-refractivity contribution in [3.63, 3.8) is 0 Å². The molecular weight excluding hydrogens is 258 g/mol. The Morgan fingerprint density at radius 2 is 1.71 bits per heavy atom. The molecule has 0 radical (unpaired) electrons. The fourth-order valence-corrected chi connectivity index (χ4v) is 3.55. The summed E-state index contributed by atoms with van der Waals surface area (Å²) in [6, 6.07) is 16.3. The number of likely N-dealkylation sites (tertiary alicyclic amines) is 1. The van der Waals surface area contributed by atoms with Gasteiger partial charge in [0.25, 0.3) is 0 Å². The zero-order chi connectivity index (χ0) is 14.1. The molecule has 21 heavy (non-hydrogen) atoms. The second-order valence-corrected chi connectivity index (χ2v) is 6.32. The Balaban J connectivity index is 1.36. The summed E-state index contributed by atoms with van der Waals surface area (Å²) in [6.45, 7) is 8.29. The van der Waals surface area contributed by atoms with Crippen LogP contribution in [0.25, 0.3) is 10.8 Å². The molecule has 1 N–H and O–H groups in total. The number of hydrogen-bond acceptors (Lipinski definition) is 3. The highest BCUT2D eigenvalue weighted by Crippen LogP contribution is 2.21. The summed E-state index contributed by atoms with van der Waals surface area (Å²) < 4.78 is 0. The summed E-state index contributed by atoms with van der Waals surface area (Å²) >= 11 is 0. The number of nitrogens with one attached hydrogen (secondary N) is 1. The lowest BCUT2D eigenvalue weighted by molar-refractivity contribution is 0.0223. The second kappa shape index (κ2) is 5.76. The minimum Gasteiger partial charge on any atom is -0.314 e. The lowest BCUT2D eigenvalue weighted by atomic mass is 10.0. The van der Waals surface area contributed by atoms with Crippen LogP contribution in [0.1, 0.15) is 5.56 Å². The number of benzene rings is 2. The predicted octanol–water partition coefficient (Wildman–Crippen LogP) is 1.93. The Labute approximate surface area is 126 Å². The van der Waals surface area contributed by atoms with Crippen molar-refractivity contribution in [3.05, 3.63) is 48.0 Å². The predicted molar refractivity (Wildman–Crippen MR) is 87.5 cm³/mol. The van der Waals surface area contributed by atoms with Gasteiger partial charge in [0.2, 0.25) is 0 Å². The number of nitrogens with zero attached hydrogens (tertiary/aromatic N) is 2. The average Bonchev–Trinajstić information content (AvgIpc) is 2.51. The molecule has 0 saturated carbocycles. The molecule has 2 aromatic carbocycles. The molecule has 3 nitrogen and oxygen atoms in total. The van der Waals surface area contributed by atoms with E-state index in [4.69, 9.17) is 0 Å². The smallest absolute Gasteiger partial charge is 0.0351 e. The van der Waals surface area contributed by atoms with Crippen LogP contribution in [0, 0.1) is 0 Å². The number of hydrogen-bond donors (Lipinski definition) is 1. The van der Waals surface area contributed by atoms with Crippen molar-refractivity contribution in [2.24, 2.45) is 0 Å². The summed E-state index contributed by atoms with van der Waals surface area (Å²) in [6.07, 6.45) is 0. The van der Waals surface area contributed by atoms with Gasteiger partial charge in [-0.2, -0.15) is 0 Å². The third-order valence-electron chi connectivity index (χ3n) is 4.83. The molecule has 3 heteroatoms. The average molecular weight is 281 g/mol.